The van der Waals surface area contributed by atoms with Crippen LogP contribution in [0.15, 0.2) is 67.3 Å². The van der Waals surface area contributed by atoms with Gasteiger partial charge in [-0.1, -0.05) is 75.9 Å². The van der Waals surface area contributed by atoms with E-state index in [1.807, 2.05) is 6.08 Å². The molecule has 0 radical (unpaired) electrons. The summed E-state index contributed by atoms with van der Waals surface area (Å²) in [6, 6.07) is 17.5. The van der Waals surface area contributed by atoms with Crippen molar-refractivity contribution >= 4 is 11.3 Å². The summed E-state index contributed by atoms with van der Waals surface area (Å²) >= 11 is 0. The van der Waals surface area contributed by atoms with E-state index in [-0.39, 0.29) is 5.41 Å². The lowest BCUT2D eigenvalue weighted by atomic mass is 9.85. The van der Waals surface area contributed by atoms with Gasteiger partial charge in [0.05, 0.1) is 0 Å². The van der Waals surface area contributed by atoms with Crippen LogP contribution in [-0.2, 0) is 5.41 Å². The zero-order valence-corrected chi connectivity index (χ0v) is 14.9. The van der Waals surface area contributed by atoms with Crippen LogP contribution >= 0.6 is 0 Å². The molecule has 120 valence electrons. The quantitative estimate of drug-likeness (QED) is 0.658. The summed E-state index contributed by atoms with van der Waals surface area (Å²) in [6.07, 6.45) is 3.93. The first-order valence-corrected chi connectivity index (χ1v) is 8.04. The number of allylic oxidation sites excluding steroid dienone is 2. The van der Waals surface area contributed by atoms with Gasteiger partial charge in [0, 0.05) is 19.8 Å². The molecule has 0 saturated carbocycles. The summed E-state index contributed by atoms with van der Waals surface area (Å²) in [6.45, 7) is 10.6. The average molecular weight is 305 g/mol. The molecule has 2 rings (SSSR count). The van der Waals surface area contributed by atoms with Crippen molar-refractivity contribution < 1.29 is 0 Å². The largest absolute Gasteiger partial charge is 0.378 e. The highest BCUT2D eigenvalue weighted by molar-refractivity contribution is 5.81. The maximum Gasteiger partial charge on any atom is 0.0361 e. The van der Waals surface area contributed by atoms with E-state index in [2.05, 4.69) is 101 Å². The monoisotopic (exact) mass is 305 g/mol. The van der Waals surface area contributed by atoms with E-state index in [4.69, 9.17) is 0 Å². The van der Waals surface area contributed by atoms with Crippen LogP contribution in [0.4, 0.5) is 5.69 Å². The van der Waals surface area contributed by atoms with Crippen molar-refractivity contribution in [2.45, 2.75) is 26.2 Å². The molecule has 1 nitrogen and oxygen atoms in total. The second-order valence-electron chi connectivity index (χ2n) is 7.08. The molecule has 0 aromatic heterocycles. The summed E-state index contributed by atoms with van der Waals surface area (Å²) in [5.74, 6) is 0. The number of benzene rings is 2. The fourth-order valence-corrected chi connectivity index (χ4v) is 2.57. The lowest BCUT2D eigenvalue weighted by Gasteiger charge is -2.20. The van der Waals surface area contributed by atoms with Crippen LogP contribution in [-0.4, -0.2) is 14.1 Å². The summed E-state index contributed by atoms with van der Waals surface area (Å²) in [5, 5.41) is 0. The Bertz CT molecular complexity index is 680. The molecule has 0 aliphatic rings. The number of hydrogen-bond acceptors (Lipinski definition) is 1. The van der Waals surface area contributed by atoms with Gasteiger partial charge < -0.3 is 4.90 Å². The highest BCUT2D eigenvalue weighted by atomic mass is 15.1. The lowest BCUT2D eigenvalue weighted by Crippen LogP contribution is -2.10. The molecule has 0 saturated heterocycles. The van der Waals surface area contributed by atoms with Crippen molar-refractivity contribution in [1.82, 2.24) is 0 Å². The van der Waals surface area contributed by atoms with Crippen molar-refractivity contribution in [3.63, 3.8) is 0 Å². The van der Waals surface area contributed by atoms with Crippen LogP contribution in [0.5, 0.6) is 0 Å². The third kappa shape index (κ3) is 4.13. The van der Waals surface area contributed by atoms with Crippen molar-refractivity contribution in [2.75, 3.05) is 19.0 Å². The molecule has 0 amide bonds. The number of anilines is 1. The van der Waals surface area contributed by atoms with Crippen LogP contribution in [0.3, 0.4) is 0 Å². The Balaban J connectivity index is 2.39. The van der Waals surface area contributed by atoms with Gasteiger partial charge in [0.1, 0.15) is 0 Å². The zero-order valence-electron chi connectivity index (χ0n) is 14.9. The predicted molar refractivity (Wildman–Crippen MR) is 103 cm³/mol. The van der Waals surface area contributed by atoms with Crippen molar-refractivity contribution in [2.24, 2.45) is 0 Å². The molecule has 0 heterocycles. The first kappa shape index (κ1) is 17.1. The Morgan fingerprint density at radius 2 is 1.35 bits per heavy atom. The molecule has 0 bridgehead atoms. The van der Waals surface area contributed by atoms with E-state index in [0.717, 1.165) is 0 Å². The van der Waals surface area contributed by atoms with Crippen LogP contribution in [0.25, 0.3) is 5.57 Å². The molecular weight excluding hydrogens is 278 g/mol. The Morgan fingerprint density at radius 3 is 1.74 bits per heavy atom. The highest BCUT2D eigenvalue weighted by Crippen LogP contribution is 2.28. The molecule has 23 heavy (non-hydrogen) atoms. The SMILES string of the molecule is C=CC=C(c1ccc(N(C)C)cc1)c1ccc(C(C)(C)C)cc1. The summed E-state index contributed by atoms with van der Waals surface area (Å²) in [4.78, 5) is 2.11. The van der Waals surface area contributed by atoms with Gasteiger partial charge in [-0.25, -0.2) is 0 Å². The van der Waals surface area contributed by atoms with Gasteiger partial charge in [-0.15, -0.1) is 0 Å². The first-order chi connectivity index (χ1) is 10.8. The highest BCUT2D eigenvalue weighted by Gasteiger charge is 2.13. The molecule has 0 unspecified atom stereocenters. The fraction of sp³-hybridized carbons (Fsp3) is 0.273. The third-order valence-electron chi connectivity index (χ3n) is 4.04. The van der Waals surface area contributed by atoms with Crippen LogP contribution in [0.1, 0.15) is 37.5 Å². The molecule has 0 fully saturated rings. The summed E-state index contributed by atoms with van der Waals surface area (Å²) in [7, 11) is 4.11. The Labute approximate surface area is 141 Å². The number of nitrogens with zero attached hydrogens (tertiary/aromatic N) is 1. The first-order valence-electron chi connectivity index (χ1n) is 8.04. The third-order valence-corrected chi connectivity index (χ3v) is 4.04. The maximum atomic E-state index is 3.87. The molecule has 0 aliphatic carbocycles. The molecule has 0 aliphatic heterocycles. The van der Waals surface area contributed by atoms with Gasteiger partial charge in [-0.05, 0) is 39.8 Å². The van der Waals surface area contributed by atoms with E-state index in [1.165, 1.54) is 28.0 Å². The normalized spacial score (nSPS) is 12.1. The number of rotatable bonds is 4. The van der Waals surface area contributed by atoms with Gasteiger partial charge in [0.15, 0.2) is 0 Å². The van der Waals surface area contributed by atoms with Crippen LogP contribution < -0.4 is 4.90 Å². The lowest BCUT2D eigenvalue weighted by molar-refractivity contribution is 0.590. The van der Waals surface area contributed by atoms with E-state index in [1.54, 1.807) is 0 Å². The topological polar surface area (TPSA) is 3.24 Å². The van der Waals surface area contributed by atoms with E-state index in [0.29, 0.717) is 0 Å². The van der Waals surface area contributed by atoms with Crippen LogP contribution in [0, 0.1) is 0 Å². The van der Waals surface area contributed by atoms with E-state index >= 15 is 0 Å². The minimum atomic E-state index is 0.175. The average Bonchev–Trinajstić information content (AvgIpc) is 2.52. The Hall–Kier alpha value is -2.28. The predicted octanol–water partition coefficient (Wildman–Crippen LogP) is 5.67. The zero-order chi connectivity index (χ0) is 17.0. The van der Waals surface area contributed by atoms with E-state index in [9.17, 15) is 0 Å². The second-order valence-corrected chi connectivity index (χ2v) is 7.08. The molecule has 1 heteroatoms. The summed E-state index contributed by atoms with van der Waals surface area (Å²) in [5.41, 5.74) is 6.35. The molecular formula is C22H27N. The van der Waals surface area contributed by atoms with Crippen molar-refractivity contribution in [3.05, 3.63) is 84.0 Å². The molecule has 0 atom stereocenters. The smallest absolute Gasteiger partial charge is 0.0361 e. The van der Waals surface area contributed by atoms with Crippen LogP contribution in [0.2, 0.25) is 0 Å². The second kappa shape index (κ2) is 6.87. The number of hydrogen-bond donors (Lipinski definition) is 0. The van der Waals surface area contributed by atoms with E-state index < -0.39 is 0 Å². The summed E-state index contributed by atoms with van der Waals surface area (Å²) < 4.78 is 0. The molecule has 2 aromatic carbocycles. The molecule has 0 spiro atoms. The standard InChI is InChI=1S/C22H27N/c1-7-8-21(18-11-15-20(16-12-18)23(5)6)17-9-13-19(14-10-17)22(2,3)4/h7-16H,1H2,2-6H3. The van der Waals surface area contributed by atoms with Gasteiger partial charge in [-0.3, -0.25) is 0 Å². The molecule has 0 N–H and O–H groups in total. The van der Waals surface area contributed by atoms with Gasteiger partial charge >= 0.3 is 0 Å². The molecule has 2 aromatic rings. The Morgan fingerprint density at radius 1 is 0.870 bits per heavy atom. The van der Waals surface area contributed by atoms with Gasteiger partial charge in [0.2, 0.25) is 0 Å². The minimum Gasteiger partial charge on any atom is -0.378 e. The minimum absolute atomic E-state index is 0.175. The van der Waals surface area contributed by atoms with Gasteiger partial charge in [-0.2, -0.15) is 0 Å². The Kier molecular flexibility index (Phi) is 5.10. The maximum absolute atomic E-state index is 3.87. The fourth-order valence-electron chi connectivity index (χ4n) is 2.57. The van der Waals surface area contributed by atoms with Crippen molar-refractivity contribution in [3.8, 4) is 0 Å². The van der Waals surface area contributed by atoms with Gasteiger partial charge in [0.25, 0.3) is 0 Å². The van der Waals surface area contributed by atoms with Crippen molar-refractivity contribution in [1.29, 1.82) is 0 Å².